The van der Waals surface area contributed by atoms with Crippen LogP contribution in [0, 0.1) is 0 Å². The lowest BCUT2D eigenvalue weighted by Gasteiger charge is -2.20. The predicted octanol–water partition coefficient (Wildman–Crippen LogP) is 4.39. The third-order valence-electron chi connectivity index (χ3n) is 4.16. The number of nitrogens with one attached hydrogen (secondary N) is 2. The maximum Gasteiger partial charge on any atom is 0.357 e. The van der Waals surface area contributed by atoms with E-state index in [-0.39, 0.29) is 11.3 Å². The summed E-state index contributed by atoms with van der Waals surface area (Å²) in [5.74, 6) is 0.195. The number of esters is 1. The lowest BCUT2D eigenvalue weighted by Crippen LogP contribution is -2.29. The number of carbonyl (C=O) groups is 1. The van der Waals surface area contributed by atoms with Crippen LogP contribution in [0.3, 0.4) is 0 Å². The van der Waals surface area contributed by atoms with Crippen molar-refractivity contribution >= 4 is 50.9 Å². The second-order valence-corrected chi connectivity index (χ2v) is 7.53. The molecule has 0 radical (unpaired) electrons. The van der Waals surface area contributed by atoms with Gasteiger partial charge in [-0.3, -0.25) is 4.98 Å². The van der Waals surface area contributed by atoms with Gasteiger partial charge in [0, 0.05) is 24.2 Å². The van der Waals surface area contributed by atoms with Crippen molar-refractivity contribution < 1.29 is 9.53 Å². The molecule has 0 fully saturated rings. The molecule has 154 valence electrons. The number of hydrogen-bond donors (Lipinski definition) is 2. The summed E-state index contributed by atoms with van der Waals surface area (Å²) in [4.78, 5) is 29.0. The van der Waals surface area contributed by atoms with Crippen LogP contribution in [-0.4, -0.2) is 45.1 Å². The van der Waals surface area contributed by atoms with Gasteiger partial charge in [-0.2, -0.15) is 4.98 Å². The Morgan fingerprint density at radius 2 is 2.17 bits per heavy atom. The van der Waals surface area contributed by atoms with Gasteiger partial charge in [0.15, 0.2) is 16.6 Å². The number of ether oxygens (including phenoxy) is 1. The first kappa shape index (κ1) is 21.2. The molecule has 3 aromatic heterocycles. The van der Waals surface area contributed by atoms with Crippen LogP contribution < -0.4 is 10.6 Å². The van der Waals surface area contributed by atoms with Gasteiger partial charge in [0.25, 0.3) is 0 Å². The van der Waals surface area contributed by atoms with Crippen molar-refractivity contribution in [1.29, 1.82) is 0 Å². The average Bonchev–Trinajstić information content (AvgIpc) is 3.19. The fourth-order valence-corrected chi connectivity index (χ4v) is 3.64. The summed E-state index contributed by atoms with van der Waals surface area (Å²) >= 11 is 7.46. The second kappa shape index (κ2) is 10.3. The Morgan fingerprint density at radius 3 is 2.97 bits per heavy atom. The molecule has 8 nitrogen and oxygen atoms in total. The van der Waals surface area contributed by atoms with E-state index in [1.165, 1.54) is 11.3 Å². The lowest BCUT2D eigenvalue weighted by atomic mass is 10.1. The summed E-state index contributed by atoms with van der Waals surface area (Å²) in [7, 11) is 0. The van der Waals surface area contributed by atoms with Gasteiger partial charge in [-0.1, -0.05) is 19.8 Å². The molecule has 0 saturated carbocycles. The first-order valence-corrected chi connectivity index (χ1v) is 10.8. The number of fused-ring (bicyclic) bond motifs is 1. The molecular weight excluding hydrogens is 412 g/mol. The molecule has 3 rings (SSSR count). The monoisotopic (exact) mass is 434 g/mol. The highest BCUT2D eigenvalue weighted by atomic mass is 35.5. The van der Waals surface area contributed by atoms with Crippen molar-refractivity contribution in [3.8, 4) is 0 Å². The van der Waals surface area contributed by atoms with Gasteiger partial charge in [-0.05, 0) is 37.1 Å². The molecule has 0 amide bonds. The standard InChI is InChI=1S/C19H23ClN6O2S/c1-3-5-7-12(10-22-19-25-14(11-29-19)17(27)28-4-2)23-16-15-13(8-6-9-21-15)24-18(20)26-16/h6,8-9,11-12H,3-5,7,10H2,1-2H3,(H,22,25)(H,23,24,26)/t12-/m1/s1. The zero-order valence-corrected chi connectivity index (χ0v) is 17.9. The third kappa shape index (κ3) is 5.74. The summed E-state index contributed by atoms with van der Waals surface area (Å²) in [6, 6.07) is 3.74. The Hall–Kier alpha value is -2.52. The van der Waals surface area contributed by atoms with Crippen molar-refractivity contribution in [1.82, 2.24) is 19.9 Å². The van der Waals surface area contributed by atoms with Gasteiger partial charge in [0.05, 0.1) is 12.1 Å². The molecular formula is C19H23ClN6O2S. The number of anilines is 2. The number of unbranched alkanes of at least 4 members (excludes halogenated alkanes) is 1. The Morgan fingerprint density at radius 1 is 1.31 bits per heavy atom. The maximum absolute atomic E-state index is 11.8. The maximum atomic E-state index is 11.8. The molecule has 0 aliphatic carbocycles. The van der Waals surface area contributed by atoms with Gasteiger partial charge in [-0.15, -0.1) is 11.3 Å². The molecule has 0 spiro atoms. The van der Waals surface area contributed by atoms with E-state index in [0.29, 0.717) is 40.8 Å². The zero-order valence-electron chi connectivity index (χ0n) is 16.3. The Bertz CT molecular complexity index is 967. The van der Waals surface area contributed by atoms with Gasteiger partial charge >= 0.3 is 5.97 Å². The van der Waals surface area contributed by atoms with E-state index in [1.807, 2.05) is 12.1 Å². The van der Waals surface area contributed by atoms with E-state index >= 15 is 0 Å². The topological polar surface area (TPSA) is 102 Å². The number of halogens is 1. The van der Waals surface area contributed by atoms with Gasteiger partial charge in [-0.25, -0.2) is 14.8 Å². The van der Waals surface area contributed by atoms with Crippen molar-refractivity contribution in [3.05, 3.63) is 34.7 Å². The quantitative estimate of drug-likeness (QED) is 0.357. The van der Waals surface area contributed by atoms with Crippen molar-refractivity contribution in [3.63, 3.8) is 0 Å². The lowest BCUT2D eigenvalue weighted by molar-refractivity contribution is 0.0520. The molecule has 0 unspecified atom stereocenters. The van der Waals surface area contributed by atoms with Crippen molar-refractivity contribution in [2.45, 2.75) is 39.2 Å². The van der Waals surface area contributed by atoms with Crippen LogP contribution in [0.1, 0.15) is 43.6 Å². The normalized spacial score (nSPS) is 12.0. The van der Waals surface area contributed by atoms with E-state index in [9.17, 15) is 4.79 Å². The average molecular weight is 435 g/mol. The Labute approximate surface area is 178 Å². The molecule has 0 bridgehead atoms. The Kier molecular flexibility index (Phi) is 7.54. The number of thiazole rings is 1. The minimum Gasteiger partial charge on any atom is -0.461 e. The fourth-order valence-electron chi connectivity index (χ4n) is 2.77. The molecule has 29 heavy (non-hydrogen) atoms. The number of carbonyl (C=O) groups excluding carboxylic acids is 1. The summed E-state index contributed by atoms with van der Waals surface area (Å²) in [6.45, 7) is 4.85. The molecule has 0 saturated heterocycles. The van der Waals surface area contributed by atoms with Crippen molar-refractivity contribution in [2.75, 3.05) is 23.8 Å². The highest BCUT2D eigenvalue weighted by Gasteiger charge is 2.16. The van der Waals surface area contributed by atoms with E-state index in [4.69, 9.17) is 16.3 Å². The van der Waals surface area contributed by atoms with Crippen LogP contribution in [0.2, 0.25) is 5.28 Å². The van der Waals surface area contributed by atoms with Crippen LogP contribution >= 0.6 is 22.9 Å². The third-order valence-corrected chi connectivity index (χ3v) is 5.13. The number of nitrogens with zero attached hydrogens (tertiary/aromatic N) is 4. The van der Waals surface area contributed by atoms with E-state index in [0.717, 1.165) is 19.3 Å². The SMILES string of the molecule is CCCC[C@H](CNc1nc(C(=O)OCC)cs1)Nc1nc(Cl)nc2cccnc12. The van der Waals surface area contributed by atoms with Crippen LogP contribution in [-0.2, 0) is 4.74 Å². The Balaban J connectivity index is 1.71. The van der Waals surface area contributed by atoms with Crippen LogP contribution in [0.25, 0.3) is 11.0 Å². The van der Waals surface area contributed by atoms with Gasteiger partial charge in [0.2, 0.25) is 5.28 Å². The van der Waals surface area contributed by atoms with E-state index in [1.54, 1.807) is 18.5 Å². The molecule has 1 atom stereocenters. The molecule has 0 aliphatic heterocycles. The van der Waals surface area contributed by atoms with Crippen LogP contribution in [0.5, 0.6) is 0 Å². The zero-order chi connectivity index (χ0) is 20.6. The largest absolute Gasteiger partial charge is 0.461 e. The van der Waals surface area contributed by atoms with Gasteiger partial charge < -0.3 is 15.4 Å². The first-order valence-electron chi connectivity index (χ1n) is 9.52. The summed E-state index contributed by atoms with van der Waals surface area (Å²) < 4.78 is 4.98. The number of pyridine rings is 1. The van der Waals surface area contributed by atoms with Crippen LogP contribution in [0.15, 0.2) is 23.7 Å². The number of hydrogen-bond acceptors (Lipinski definition) is 9. The van der Waals surface area contributed by atoms with Crippen molar-refractivity contribution in [2.24, 2.45) is 0 Å². The smallest absolute Gasteiger partial charge is 0.357 e. The second-order valence-electron chi connectivity index (χ2n) is 6.34. The highest BCUT2D eigenvalue weighted by molar-refractivity contribution is 7.13. The molecule has 0 aromatic carbocycles. The number of rotatable bonds is 10. The number of aromatic nitrogens is 4. The molecule has 3 aromatic rings. The van der Waals surface area contributed by atoms with E-state index < -0.39 is 5.97 Å². The molecule has 3 heterocycles. The van der Waals surface area contributed by atoms with Gasteiger partial charge in [0.1, 0.15) is 5.52 Å². The summed E-state index contributed by atoms with van der Waals surface area (Å²) in [5.41, 5.74) is 1.68. The summed E-state index contributed by atoms with van der Waals surface area (Å²) in [6.07, 6.45) is 4.76. The van der Waals surface area contributed by atoms with Crippen LogP contribution in [0.4, 0.5) is 10.9 Å². The molecule has 10 heteroatoms. The minimum absolute atomic E-state index is 0.0704. The minimum atomic E-state index is -0.411. The predicted molar refractivity (Wildman–Crippen MR) is 116 cm³/mol. The first-order chi connectivity index (χ1) is 14.1. The fraction of sp³-hybridized carbons (Fsp3) is 0.421. The molecule has 2 N–H and O–H groups in total. The summed E-state index contributed by atoms with van der Waals surface area (Å²) in [5, 5.41) is 9.27. The highest BCUT2D eigenvalue weighted by Crippen LogP contribution is 2.22. The van der Waals surface area contributed by atoms with E-state index in [2.05, 4.69) is 37.5 Å². The molecule has 0 aliphatic rings.